The number of aromatic nitrogens is 3. The summed E-state index contributed by atoms with van der Waals surface area (Å²) in [6, 6.07) is 6.48. The van der Waals surface area contributed by atoms with Gasteiger partial charge in [-0.15, -0.1) is 0 Å². The summed E-state index contributed by atoms with van der Waals surface area (Å²) in [5, 5.41) is 10.7. The van der Waals surface area contributed by atoms with E-state index in [1.54, 1.807) is 45.0 Å². The van der Waals surface area contributed by atoms with Gasteiger partial charge in [0.15, 0.2) is 5.78 Å². The third-order valence-corrected chi connectivity index (χ3v) is 3.30. The van der Waals surface area contributed by atoms with Gasteiger partial charge in [0, 0.05) is 16.1 Å². The van der Waals surface area contributed by atoms with Crippen molar-refractivity contribution >= 4 is 34.9 Å². The number of ketones is 1. The Morgan fingerprint density at radius 1 is 1.28 bits per heavy atom. The Labute approximate surface area is 149 Å². The lowest BCUT2D eigenvalue weighted by Gasteiger charge is -2.17. The van der Waals surface area contributed by atoms with Crippen molar-refractivity contribution < 1.29 is 14.4 Å². The molecule has 0 aliphatic rings. The number of anilines is 1. The predicted molar refractivity (Wildman–Crippen MR) is 93.5 cm³/mol. The fraction of sp³-hybridized carbons (Fsp3) is 0.312. The Morgan fingerprint density at radius 2 is 1.96 bits per heavy atom. The molecule has 1 aromatic heterocycles. The lowest BCUT2D eigenvalue weighted by atomic mass is 9.88. The Hall–Kier alpha value is -2.74. The Balaban J connectivity index is 2.09. The molecule has 9 heteroatoms. The molecule has 1 aromatic carbocycles. The first-order valence-corrected chi connectivity index (χ1v) is 7.81. The van der Waals surface area contributed by atoms with Crippen molar-refractivity contribution in [1.82, 2.24) is 14.8 Å². The molecular formula is C16H18ClN5O3. The topological polar surface area (TPSA) is 98.5 Å². The van der Waals surface area contributed by atoms with Crippen LogP contribution in [0.4, 0.5) is 10.5 Å². The number of oxime groups is 1. The molecule has 25 heavy (non-hydrogen) atoms. The average molecular weight is 364 g/mol. The van der Waals surface area contributed by atoms with E-state index in [0.717, 1.165) is 0 Å². The standard InChI is InChI=1S/C16H18ClN5O3/c1-16(2,3)14(23)13(8-22-10-18-9-19-22)21-25-15(24)20-12-6-4-11(17)5-7-12/h4-7,9-10H,8H2,1-3H3,(H,20,24)/b21-13+. The lowest BCUT2D eigenvalue weighted by molar-refractivity contribution is -0.119. The number of hydrogen-bond acceptors (Lipinski definition) is 6. The Morgan fingerprint density at radius 3 is 2.52 bits per heavy atom. The molecule has 0 spiro atoms. The van der Waals surface area contributed by atoms with Gasteiger partial charge in [-0.05, 0) is 24.3 Å². The molecule has 0 aliphatic heterocycles. The van der Waals surface area contributed by atoms with Gasteiger partial charge < -0.3 is 0 Å². The van der Waals surface area contributed by atoms with Crippen LogP contribution < -0.4 is 5.32 Å². The number of amides is 1. The first-order valence-electron chi connectivity index (χ1n) is 7.43. The Bertz CT molecular complexity index is 764. The van der Waals surface area contributed by atoms with Crippen LogP contribution in [0.25, 0.3) is 0 Å². The molecule has 0 bridgehead atoms. The second kappa shape index (κ2) is 7.89. The smallest absolute Gasteiger partial charge is 0.297 e. The van der Waals surface area contributed by atoms with Crippen molar-refractivity contribution in [3.05, 3.63) is 41.9 Å². The molecule has 0 saturated heterocycles. The molecule has 0 fully saturated rings. The molecule has 2 rings (SSSR count). The van der Waals surface area contributed by atoms with Crippen molar-refractivity contribution in [3.63, 3.8) is 0 Å². The fourth-order valence-electron chi connectivity index (χ4n) is 1.81. The zero-order valence-electron chi connectivity index (χ0n) is 14.1. The van der Waals surface area contributed by atoms with E-state index in [9.17, 15) is 9.59 Å². The molecule has 8 nitrogen and oxygen atoms in total. The molecule has 0 radical (unpaired) electrons. The Kier molecular flexibility index (Phi) is 5.87. The first kappa shape index (κ1) is 18.6. The quantitative estimate of drug-likeness (QED) is 0.499. The maximum atomic E-state index is 12.5. The van der Waals surface area contributed by atoms with Crippen LogP contribution in [0, 0.1) is 5.41 Å². The number of rotatable bonds is 5. The zero-order chi connectivity index (χ0) is 18.4. The highest BCUT2D eigenvalue weighted by atomic mass is 35.5. The molecule has 132 valence electrons. The molecule has 0 unspecified atom stereocenters. The summed E-state index contributed by atoms with van der Waals surface area (Å²) >= 11 is 5.78. The molecule has 1 heterocycles. The second-order valence-electron chi connectivity index (χ2n) is 6.22. The summed E-state index contributed by atoms with van der Waals surface area (Å²) in [6.45, 7) is 5.30. The van der Waals surface area contributed by atoms with Gasteiger partial charge in [0.2, 0.25) is 0 Å². The van der Waals surface area contributed by atoms with E-state index in [1.807, 2.05) is 0 Å². The van der Waals surface area contributed by atoms with Crippen molar-refractivity contribution in [2.75, 3.05) is 5.32 Å². The van der Waals surface area contributed by atoms with Gasteiger partial charge in [-0.1, -0.05) is 37.5 Å². The number of nitrogens with one attached hydrogen (secondary N) is 1. The van der Waals surface area contributed by atoms with Crippen molar-refractivity contribution in [3.8, 4) is 0 Å². The van der Waals surface area contributed by atoms with Gasteiger partial charge in [0.1, 0.15) is 18.4 Å². The van der Waals surface area contributed by atoms with E-state index in [2.05, 4.69) is 20.6 Å². The van der Waals surface area contributed by atoms with E-state index in [0.29, 0.717) is 10.7 Å². The van der Waals surface area contributed by atoms with Crippen LogP contribution in [-0.4, -0.2) is 32.4 Å². The number of carbonyl (C=O) groups is 2. The summed E-state index contributed by atoms with van der Waals surface area (Å²) in [6.07, 6.45) is 1.96. The number of nitrogens with zero attached hydrogens (tertiary/aromatic N) is 4. The van der Waals surface area contributed by atoms with Crippen LogP contribution in [0.2, 0.25) is 5.02 Å². The first-order chi connectivity index (χ1) is 11.8. The third-order valence-electron chi connectivity index (χ3n) is 3.05. The highest BCUT2D eigenvalue weighted by Gasteiger charge is 2.27. The fourth-order valence-corrected chi connectivity index (χ4v) is 1.94. The van der Waals surface area contributed by atoms with Crippen molar-refractivity contribution in [2.24, 2.45) is 10.6 Å². The molecule has 0 aliphatic carbocycles. The molecule has 1 N–H and O–H groups in total. The van der Waals surface area contributed by atoms with Gasteiger partial charge in [-0.25, -0.2) is 14.5 Å². The largest absolute Gasteiger partial charge is 0.437 e. The molecule has 0 atom stereocenters. The normalized spacial score (nSPS) is 11.9. The summed E-state index contributed by atoms with van der Waals surface area (Å²) < 4.78 is 1.42. The molecular weight excluding hydrogens is 346 g/mol. The maximum Gasteiger partial charge on any atom is 0.437 e. The highest BCUT2D eigenvalue weighted by Crippen LogP contribution is 2.17. The minimum Gasteiger partial charge on any atom is -0.297 e. The van der Waals surface area contributed by atoms with Gasteiger partial charge in [0.05, 0.1) is 6.54 Å². The summed E-state index contributed by atoms with van der Waals surface area (Å²) in [7, 11) is 0. The van der Waals surface area contributed by atoms with Crippen LogP contribution in [0.15, 0.2) is 42.1 Å². The van der Waals surface area contributed by atoms with Gasteiger partial charge in [0.25, 0.3) is 0 Å². The lowest BCUT2D eigenvalue weighted by Crippen LogP contribution is -2.32. The van der Waals surface area contributed by atoms with Crippen LogP contribution in [0.5, 0.6) is 0 Å². The average Bonchev–Trinajstić information content (AvgIpc) is 3.05. The minimum absolute atomic E-state index is 0.0460. The van der Waals surface area contributed by atoms with E-state index < -0.39 is 11.5 Å². The van der Waals surface area contributed by atoms with Gasteiger partial charge >= 0.3 is 6.09 Å². The van der Waals surface area contributed by atoms with Gasteiger partial charge in [-0.3, -0.25) is 14.9 Å². The van der Waals surface area contributed by atoms with Gasteiger partial charge in [-0.2, -0.15) is 5.10 Å². The number of benzene rings is 1. The summed E-state index contributed by atoms with van der Waals surface area (Å²) in [5.74, 6) is -0.262. The molecule has 0 saturated carbocycles. The van der Waals surface area contributed by atoms with Crippen LogP contribution in [-0.2, 0) is 16.2 Å². The SMILES string of the molecule is CC(C)(C)C(=O)/C(Cn1cncn1)=N/OC(=O)Nc1ccc(Cl)cc1. The zero-order valence-corrected chi connectivity index (χ0v) is 14.8. The van der Waals surface area contributed by atoms with E-state index in [-0.39, 0.29) is 18.0 Å². The van der Waals surface area contributed by atoms with E-state index in [4.69, 9.17) is 16.4 Å². The monoisotopic (exact) mass is 363 g/mol. The molecule has 2 aromatic rings. The number of carbonyl (C=O) groups excluding carboxylic acids is 2. The van der Waals surface area contributed by atoms with Crippen LogP contribution >= 0.6 is 11.6 Å². The summed E-state index contributed by atoms with van der Waals surface area (Å²) in [5.41, 5.74) is -0.135. The minimum atomic E-state index is -0.819. The highest BCUT2D eigenvalue weighted by molar-refractivity contribution is 6.41. The number of hydrogen-bond donors (Lipinski definition) is 1. The second-order valence-corrected chi connectivity index (χ2v) is 6.66. The van der Waals surface area contributed by atoms with Crippen LogP contribution in [0.1, 0.15) is 20.8 Å². The van der Waals surface area contributed by atoms with Crippen LogP contribution in [0.3, 0.4) is 0 Å². The summed E-state index contributed by atoms with van der Waals surface area (Å²) in [4.78, 5) is 33.0. The number of halogens is 1. The third kappa shape index (κ3) is 5.68. The van der Waals surface area contributed by atoms with E-state index >= 15 is 0 Å². The van der Waals surface area contributed by atoms with Crippen molar-refractivity contribution in [2.45, 2.75) is 27.3 Å². The molecule has 1 amide bonds. The van der Waals surface area contributed by atoms with Crippen molar-refractivity contribution in [1.29, 1.82) is 0 Å². The van der Waals surface area contributed by atoms with E-state index in [1.165, 1.54) is 17.3 Å². The maximum absolute atomic E-state index is 12.5. The predicted octanol–water partition coefficient (Wildman–Crippen LogP) is 3.15. The number of Topliss-reactive ketones (excluding diaryl/α,β-unsaturated/α-hetero) is 1.